The highest BCUT2D eigenvalue weighted by Crippen LogP contribution is 2.19. The van der Waals surface area contributed by atoms with Crippen LogP contribution in [-0.2, 0) is 9.53 Å². The van der Waals surface area contributed by atoms with Gasteiger partial charge in [0, 0.05) is 25.2 Å². The number of hydrogen-bond acceptors (Lipinski definition) is 3. The first-order chi connectivity index (χ1) is 12.2. The van der Waals surface area contributed by atoms with Crippen molar-refractivity contribution in [2.75, 3.05) is 19.7 Å². The van der Waals surface area contributed by atoms with E-state index in [2.05, 4.69) is 15.4 Å². The van der Waals surface area contributed by atoms with Gasteiger partial charge in [-0.05, 0) is 32.6 Å². The highest BCUT2D eigenvalue weighted by Gasteiger charge is 2.31. The number of halogens is 3. The first-order valence-corrected chi connectivity index (χ1v) is 9.29. The van der Waals surface area contributed by atoms with Gasteiger partial charge in [-0.25, -0.2) is 4.79 Å². The average Bonchev–Trinajstić information content (AvgIpc) is 2.60. The minimum absolute atomic E-state index is 0.0662. The first-order valence-electron chi connectivity index (χ1n) is 9.29. The van der Waals surface area contributed by atoms with Crippen LogP contribution in [0.5, 0.6) is 0 Å². The number of alkyl halides is 3. The Labute approximate surface area is 151 Å². The van der Waals surface area contributed by atoms with E-state index in [1.165, 1.54) is 13.3 Å². The molecule has 1 heterocycles. The van der Waals surface area contributed by atoms with Gasteiger partial charge in [-0.3, -0.25) is 4.79 Å². The molecule has 1 saturated carbocycles. The zero-order chi connectivity index (χ0) is 19.2. The Morgan fingerprint density at radius 1 is 1.04 bits per heavy atom. The SMILES string of the molecule is CC(OCC(F)(F)F)C(=O)NC1CCN(C(=O)NC2CCCCC2)CC1. The van der Waals surface area contributed by atoms with E-state index in [9.17, 15) is 22.8 Å². The molecule has 2 fully saturated rings. The number of hydrogen-bond donors (Lipinski definition) is 2. The summed E-state index contributed by atoms with van der Waals surface area (Å²) < 4.78 is 40.9. The van der Waals surface area contributed by atoms with Crippen LogP contribution in [-0.4, -0.2) is 60.9 Å². The van der Waals surface area contributed by atoms with Gasteiger partial charge >= 0.3 is 12.2 Å². The van der Waals surface area contributed by atoms with Crippen LogP contribution < -0.4 is 10.6 Å². The summed E-state index contributed by atoms with van der Waals surface area (Å²) in [7, 11) is 0. The predicted molar refractivity (Wildman–Crippen MR) is 89.6 cm³/mol. The molecule has 2 aliphatic rings. The molecule has 1 aliphatic carbocycles. The van der Waals surface area contributed by atoms with Crippen molar-refractivity contribution in [1.82, 2.24) is 15.5 Å². The molecule has 3 amide bonds. The summed E-state index contributed by atoms with van der Waals surface area (Å²) in [5, 5.41) is 5.77. The van der Waals surface area contributed by atoms with Gasteiger partial charge < -0.3 is 20.3 Å². The fourth-order valence-corrected chi connectivity index (χ4v) is 3.35. The molecule has 0 aromatic heterocycles. The topological polar surface area (TPSA) is 70.7 Å². The number of rotatable bonds is 5. The molecule has 6 nitrogen and oxygen atoms in total. The summed E-state index contributed by atoms with van der Waals surface area (Å²) in [5.41, 5.74) is 0. The van der Waals surface area contributed by atoms with Crippen LogP contribution >= 0.6 is 0 Å². The van der Waals surface area contributed by atoms with Crippen molar-refractivity contribution in [2.24, 2.45) is 0 Å². The number of carbonyl (C=O) groups is 2. The maximum atomic E-state index is 12.3. The standard InChI is InChI=1S/C17H28F3N3O3/c1-12(26-11-17(18,19)20)15(24)21-14-7-9-23(10-8-14)16(25)22-13-5-3-2-4-6-13/h12-14H,2-11H2,1H3,(H,21,24)(H,22,25). The Morgan fingerprint density at radius 2 is 1.62 bits per heavy atom. The number of nitrogens with zero attached hydrogens (tertiary/aromatic N) is 1. The molecular weight excluding hydrogens is 351 g/mol. The fourth-order valence-electron chi connectivity index (χ4n) is 3.35. The first kappa shape index (κ1) is 20.8. The second-order valence-electron chi connectivity index (χ2n) is 7.12. The smallest absolute Gasteiger partial charge is 0.359 e. The van der Waals surface area contributed by atoms with Crippen molar-refractivity contribution in [3.8, 4) is 0 Å². The number of carbonyl (C=O) groups excluding carboxylic acids is 2. The Balaban J connectivity index is 1.67. The molecule has 1 aliphatic heterocycles. The summed E-state index contributed by atoms with van der Waals surface area (Å²) in [6.45, 7) is 0.887. The number of ether oxygens (including phenoxy) is 1. The maximum absolute atomic E-state index is 12.3. The van der Waals surface area contributed by atoms with E-state index in [-0.39, 0.29) is 18.1 Å². The van der Waals surface area contributed by atoms with Gasteiger partial charge in [0.05, 0.1) is 0 Å². The van der Waals surface area contributed by atoms with Crippen LogP contribution in [0.1, 0.15) is 51.9 Å². The average molecular weight is 379 g/mol. The van der Waals surface area contributed by atoms with Crippen molar-refractivity contribution >= 4 is 11.9 Å². The second kappa shape index (κ2) is 9.43. The third-order valence-electron chi connectivity index (χ3n) is 4.93. The molecule has 1 atom stereocenters. The quantitative estimate of drug-likeness (QED) is 0.771. The van der Waals surface area contributed by atoms with Crippen molar-refractivity contribution in [2.45, 2.75) is 76.2 Å². The van der Waals surface area contributed by atoms with Crippen LogP contribution in [0.15, 0.2) is 0 Å². The summed E-state index contributed by atoms with van der Waals surface area (Å²) in [6, 6.07) is 0.0297. The third kappa shape index (κ3) is 7.01. The molecule has 0 spiro atoms. The molecule has 0 bridgehead atoms. The molecule has 0 aromatic carbocycles. The lowest BCUT2D eigenvalue weighted by Crippen LogP contribution is -2.52. The molecule has 2 N–H and O–H groups in total. The van der Waals surface area contributed by atoms with E-state index in [1.54, 1.807) is 4.90 Å². The summed E-state index contributed by atoms with van der Waals surface area (Å²) >= 11 is 0. The number of urea groups is 1. The molecule has 1 unspecified atom stereocenters. The van der Waals surface area contributed by atoms with E-state index in [0.717, 1.165) is 25.7 Å². The van der Waals surface area contributed by atoms with Crippen LogP contribution in [0.25, 0.3) is 0 Å². The maximum Gasteiger partial charge on any atom is 0.411 e. The molecule has 0 aromatic rings. The lowest BCUT2D eigenvalue weighted by Gasteiger charge is -2.34. The van der Waals surface area contributed by atoms with E-state index >= 15 is 0 Å². The van der Waals surface area contributed by atoms with Gasteiger partial charge in [-0.1, -0.05) is 19.3 Å². The Morgan fingerprint density at radius 3 is 2.19 bits per heavy atom. The summed E-state index contributed by atoms with van der Waals surface area (Å²) in [5.74, 6) is -0.556. The Hall–Kier alpha value is -1.51. The molecule has 0 radical (unpaired) electrons. The van der Waals surface area contributed by atoms with Crippen molar-refractivity contribution < 1.29 is 27.5 Å². The lowest BCUT2D eigenvalue weighted by molar-refractivity contribution is -0.185. The molecule has 150 valence electrons. The molecular formula is C17H28F3N3O3. The van der Waals surface area contributed by atoms with Crippen LogP contribution in [0.3, 0.4) is 0 Å². The van der Waals surface area contributed by atoms with Crippen molar-refractivity contribution in [1.29, 1.82) is 0 Å². The summed E-state index contributed by atoms with van der Waals surface area (Å²) in [6.07, 6.45) is 1.10. The third-order valence-corrected chi connectivity index (χ3v) is 4.93. The van der Waals surface area contributed by atoms with E-state index < -0.39 is 24.8 Å². The zero-order valence-corrected chi connectivity index (χ0v) is 15.1. The summed E-state index contributed by atoms with van der Waals surface area (Å²) in [4.78, 5) is 25.9. The highest BCUT2D eigenvalue weighted by molar-refractivity contribution is 5.80. The van der Waals surface area contributed by atoms with E-state index in [4.69, 9.17) is 0 Å². The van der Waals surface area contributed by atoms with Crippen LogP contribution in [0, 0.1) is 0 Å². The molecule has 2 rings (SSSR count). The Kier molecular flexibility index (Phi) is 7.55. The lowest BCUT2D eigenvalue weighted by atomic mass is 9.95. The van der Waals surface area contributed by atoms with Crippen LogP contribution in [0.2, 0.25) is 0 Å². The minimum atomic E-state index is -4.45. The van der Waals surface area contributed by atoms with Gasteiger partial charge in [0.2, 0.25) is 5.91 Å². The van der Waals surface area contributed by atoms with Crippen molar-refractivity contribution in [3.63, 3.8) is 0 Å². The van der Waals surface area contributed by atoms with Gasteiger partial charge in [-0.2, -0.15) is 13.2 Å². The Bertz CT molecular complexity index is 474. The van der Waals surface area contributed by atoms with Gasteiger partial charge in [0.25, 0.3) is 0 Å². The van der Waals surface area contributed by atoms with E-state index in [1.807, 2.05) is 0 Å². The monoisotopic (exact) mass is 379 g/mol. The zero-order valence-electron chi connectivity index (χ0n) is 15.1. The van der Waals surface area contributed by atoms with Gasteiger partial charge in [0.1, 0.15) is 12.7 Å². The van der Waals surface area contributed by atoms with Gasteiger partial charge in [0.15, 0.2) is 0 Å². The second-order valence-corrected chi connectivity index (χ2v) is 7.12. The molecule has 26 heavy (non-hydrogen) atoms. The number of nitrogens with one attached hydrogen (secondary N) is 2. The minimum Gasteiger partial charge on any atom is -0.359 e. The van der Waals surface area contributed by atoms with Gasteiger partial charge in [-0.15, -0.1) is 0 Å². The van der Waals surface area contributed by atoms with E-state index in [0.29, 0.717) is 25.9 Å². The highest BCUT2D eigenvalue weighted by atomic mass is 19.4. The normalized spacial score (nSPS) is 21.3. The largest absolute Gasteiger partial charge is 0.411 e. The predicted octanol–water partition coefficient (Wildman–Crippen LogP) is 2.58. The fraction of sp³-hybridized carbons (Fsp3) is 0.882. The van der Waals surface area contributed by atoms with Crippen molar-refractivity contribution in [3.05, 3.63) is 0 Å². The number of piperidine rings is 1. The number of amides is 3. The molecule has 1 saturated heterocycles. The number of likely N-dealkylation sites (tertiary alicyclic amines) is 1. The molecule has 9 heteroatoms. The van der Waals surface area contributed by atoms with Crippen LogP contribution in [0.4, 0.5) is 18.0 Å².